The van der Waals surface area contributed by atoms with Crippen LogP contribution in [0.5, 0.6) is 0 Å². The zero-order valence-electron chi connectivity index (χ0n) is 17.0. The molecule has 0 atom stereocenters. The number of benzene rings is 2. The van der Waals surface area contributed by atoms with Gasteiger partial charge in [0.15, 0.2) is 0 Å². The maximum absolute atomic E-state index is 13.3. The SMILES string of the molecule is Cc1ccc(-n2ncc3c(C(C)C)nn(Cc4ccc(F)cc4)c(=O)c32)cc1C. The van der Waals surface area contributed by atoms with Crippen molar-refractivity contribution < 1.29 is 4.39 Å². The Morgan fingerprint density at radius 1 is 1.03 bits per heavy atom. The molecule has 0 amide bonds. The fourth-order valence-corrected chi connectivity index (χ4v) is 3.44. The first kappa shape index (κ1) is 19.1. The number of nitrogens with zero attached hydrogens (tertiary/aromatic N) is 4. The highest BCUT2D eigenvalue weighted by molar-refractivity contribution is 5.82. The smallest absolute Gasteiger partial charge is 0.265 e. The van der Waals surface area contributed by atoms with Crippen molar-refractivity contribution in [2.45, 2.75) is 40.2 Å². The van der Waals surface area contributed by atoms with Gasteiger partial charge in [-0.15, -0.1) is 0 Å². The molecule has 5 nitrogen and oxygen atoms in total. The second-order valence-corrected chi connectivity index (χ2v) is 7.72. The lowest BCUT2D eigenvalue weighted by Gasteiger charge is -2.13. The van der Waals surface area contributed by atoms with Crippen LogP contribution in [0, 0.1) is 19.7 Å². The third-order valence-corrected chi connectivity index (χ3v) is 5.24. The van der Waals surface area contributed by atoms with Crippen LogP contribution in [0.1, 0.15) is 42.1 Å². The van der Waals surface area contributed by atoms with Crippen molar-refractivity contribution in [3.8, 4) is 5.69 Å². The van der Waals surface area contributed by atoms with Crippen LogP contribution in [-0.4, -0.2) is 19.6 Å². The summed E-state index contributed by atoms with van der Waals surface area (Å²) in [6.45, 7) is 8.45. The molecule has 2 heterocycles. The van der Waals surface area contributed by atoms with Crippen molar-refractivity contribution >= 4 is 10.9 Å². The van der Waals surface area contributed by atoms with Crippen LogP contribution in [0.3, 0.4) is 0 Å². The van der Waals surface area contributed by atoms with Gasteiger partial charge in [0, 0.05) is 5.39 Å². The highest BCUT2D eigenvalue weighted by atomic mass is 19.1. The molecule has 0 N–H and O–H groups in total. The number of halogens is 1. The molecule has 0 saturated heterocycles. The summed E-state index contributed by atoms with van der Waals surface area (Å²) in [5, 5.41) is 9.89. The maximum Gasteiger partial charge on any atom is 0.293 e. The molecular weight excluding hydrogens is 367 g/mol. The van der Waals surface area contributed by atoms with Crippen molar-refractivity contribution in [1.82, 2.24) is 19.6 Å². The van der Waals surface area contributed by atoms with Gasteiger partial charge in [-0.05, 0) is 60.7 Å². The Kier molecular flexibility index (Phi) is 4.78. The van der Waals surface area contributed by atoms with Crippen LogP contribution >= 0.6 is 0 Å². The van der Waals surface area contributed by atoms with Crippen molar-refractivity contribution in [2.24, 2.45) is 0 Å². The lowest BCUT2D eigenvalue weighted by Crippen LogP contribution is -2.27. The molecule has 2 aromatic carbocycles. The van der Waals surface area contributed by atoms with Gasteiger partial charge in [0.2, 0.25) is 0 Å². The first-order valence-corrected chi connectivity index (χ1v) is 9.66. The zero-order valence-corrected chi connectivity index (χ0v) is 17.0. The molecule has 0 radical (unpaired) electrons. The Bertz CT molecular complexity index is 1250. The second kappa shape index (κ2) is 7.28. The Hall–Kier alpha value is -3.28. The van der Waals surface area contributed by atoms with Crippen LogP contribution in [-0.2, 0) is 6.54 Å². The fraction of sp³-hybridized carbons (Fsp3) is 0.261. The van der Waals surface area contributed by atoms with Crippen LogP contribution in [0.15, 0.2) is 53.5 Å². The third-order valence-electron chi connectivity index (χ3n) is 5.24. The van der Waals surface area contributed by atoms with Gasteiger partial charge in [0.1, 0.15) is 11.3 Å². The molecule has 0 aliphatic carbocycles. The van der Waals surface area contributed by atoms with Gasteiger partial charge in [-0.3, -0.25) is 4.79 Å². The molecule has 0 spiro atoms. The molecule has 148 valence electrons. The first-order chi connectivity index (χ1) is 13.8. The van der Waals surface area contributed by atoms with Gasteiger partial charge in [-0.1, -0.05) is 32.0 Å². The van der Waals surface area contributed by atoms with Gasteiger partial charge in [-0.25, -0.2) is 13.8 Å². The van der Waals surface area contributed by atoms with Crippen LogP contribution in [0.4, 0.5) is 4.39 Å². The second-order valence-electron chi connectivity index (χ2n) is 7.72. The van der Waals surface area contributed by atoms with Crippen molar-refractivity contribution in [1.29, 1.82) is 0 Å². The average Bonchev–Trinajstić information content (AvgIpc) is 3.13. The molecule has 4 rings (SSSR count). The molecule has 0 aliphatic rings. The van der Waals surface area contributed by atoms with Crippen LogP contribution in [0.25, 0.3) is 16.6 Å². The molecule has 0 unspecified atom stereocenters. The Morgan fingerprint density at radius 2 is 1.76 bits per heavy atom. The summed E-state index contributed by atoms with van der Waals surface area (Å²) >= 11 is 0. The Balaban J connectivity index is 1.93. The van der Waals surface area contributed by atoms with E-state index in [1.165, 1.54) is 22.4 Å². The van der Waals surface area contributed by atoms with E-state index in [4.69, 9.17) is 0 Å². The lowest BCUT2D eigenvalue weighted by molar-refractivity contribution is 0.606. The highest BCUT2D eigenvalue weighted by Crippen LogP contribution is 2.24. The molecule has 29 heavy (non-hydrogen) atoms. The van der Waals surface area contributed by atoms with Gasteiger partial charge in [0.05, 0.1) is 24.1 Å². The predicted octanol–water partition coefficient (Wildman–Crippen LogP) is 4.51. The van der Waals surface area contributed by atoms with E-state index in [0.717, 1.165) is 27.9 Å². The van der Waals surface area contributed by atoms with E-state index in [1.807, 2.05) is 39.0 Å². The zero-order chi connectivity index (χ0) is 20.7. The molecular formula is C23H23FN4O. The Labute approximate surface area is 168 Å². The number of rotatable bonds is 4. The normalized spacial score (nSPS) is 11.5. The molecule has 0 aliphatic heterocycles. The van der Waals surface area contributed by atoms with E-state index in [-0.39, 0.29) is 23.8 Å². The van der Waals surface area contributed by atoms with Crippen LogP contribution in [0.2, 0.25) is 0 Å². The van der Waals surface area contributed by atoms with E-state index in [0.29, 0.717) is 5.52 Å². The standard InChI is InChI=1S/C23H23FN4O/c1-14(2)21-20-12-25-28(19-10-5-15(3)16(4)11-19)22(20)23(29)27(26-21)13-17-6-8-18(24)9-7-17/h5-12,14H,13H2,1-4H3. The molecule has 4 aromatic rings. The minimum Gasteiger partial charge on any atom is -0.265 e. The van der Waals surface area contributed by atoms with E-state index >= 15 is 0 Å². The molecule has 0 saturated carbocycles. The van der Waals surface area contributed by atoms with E-state index in [9.17, 15) is 9.18 Å². The summed E-state index contributed by atoms with van der Waals surface area (Å²) < 4.78 is 16.4. The maximum atomic E-state index is 13.3. The Morgan fingerprint density at radius 3 is 2.41 bits per heavy atom. The fourth-order valence-electron chi connectivity index (χ4n) is 3.44. The summed E-state index contributed by atoms with van der Waals surface area (Å²) in [5.41, 5.74) is 5.08. The summed E-state index contributed by atoms with van der Waals surface area (Å²) in [4.78, 5) is 13.3. The number of aromatic nitrogens is 4. The molecule has 2 aromatic heterocycles. The summed E-state index contributed by atoms with van der Waals surface area (Å²) in [5.74, 6) is -0.185. The monoisotopic (exact) mass is 390 g/mol. The van der Waals surface area contributed by atoms with Gasteiger partial charge in [-0.2, -0.15) is 10.2 Å². The van der Waals surface area contributed by atoms with E-state index in [2.05, 4.69) is 17.1 Å². The number of hydrogen-bond acceptors (Lipinski definition) is 3. The van der Waals surface area contributed by atoms with E-state index in [1.54, 1.807) is 23.0 Å². The van der Waals surface area contributed by atoms with Gasteiger partial charge in [0.25, 0.3) is 5.56 Å². The predicted molar refractivity (Wildman–Crippen MR) is 112 cm³/mol. The van der Waals surface area contributed by atoms with Crippen molar-refractivity contribution in [2.75, 3.05) is 0 Å². The number of fused-ring (bicyclic) bond motifs is 1. The van der Waals surface area contributed by atoms with Gasteiger partial charge < -0.3 is 0 Å². The minimum absolute atomic E-state index is 0.120. The largest absolute Gasteiger partial charge is 0.293 e. The molecule has 0 bridgehead atoms. The highest BCUT2D eigenvalue weighted by Gasteiger charge is 2.19. The van der Waals surface area contributed by atoms with Crippen LogP contribution < -0.4 is 5.56 Å². The topological polar surface area (TPSA) is 52.7 Å². The minimum atomic E-state index is -0.305. The van der Waals surface area contributed by atoms with E-state index < -0.39 is 0 Å². The number of aryl methyl sites for hydroxylation is 2. The van der Waals surface area contributed by atoms with Crippen molar-refractivity contribution in [3.63, 3.8) is 0 Å². The van der Waals surface area contributed by atoms with Gasteiger partial charge >= 0.3 is 0 Å². The summed E-state index contributed by atoms with van der Waals surface area (Å²) in [6.07, 6.45) is 1.72. The molecule has 0 fully saturated rings. The first-order valence-electron chi connectivity index (χ1n) is 9.66. The number of hydrogen-bond donors (Lipinski definition) is 0. The van der Waals surface area contributed by atoms with Crippen molar-refractivity contribution in [3.05, 3.63) is 87.2 Å². The quantitative estimate of drug-likeness (QED) is 0.515. The average molecular weight is 390 g/mol. The lowest BCUT2D eigenvalue weighted by atomic mass is 10.1. The summed E-state index contributed by atoms with van der Waals surface area (Å²) in [7, 11) is 0. The summed E-state index contributed by atoms with van der Waals surface area (Å²) in [6, 6.07) is 12.1. The third kappa shape index (κ3) is 3.46. The molecule has 6 heteroatoms.